The Morgan fingerprint density at radius 3 is 2.90 bits per heavy atom. The minimum absolute atomic E-state index is 0.152. The molecule has 7 heteroatoms. The molecule has 2 aliphatic rings. The number of carbonyl (C=O) groups excluding carboxylic acids is 3. The van der Waals surface area contributed by atoms with Gasteiger partial charge in [-0.15, -0.1) is 0 Å². The molecule has 0 radical (unpaired) electrons. The van der Waals surface area contributed by atoms with E-state index in [4.69, 9.17) is 0 Å². The minimum Gasteiger partial charge on any atom is -0.336 e. The summed E-state index contributed by atoms with van der Waals surface area (Å²) in [7, 11) is 0. The van der Waals surface area contributed by atoms with E-state index in [9.17, 15) is 14.4 Å². The molecule has 2 aliphatic heterocycles. The zero-order chi connectivity index (χ0) is 14.3. The lowest BCUT2D eigenvalue weighted by molar-refractivity contribution is -0.123. The number of amides is 4. The van der Waals surface area contributed by atoms with Gasteiger partial charge in [0.25, 0.3) is 11.8 Å². The van der Waals surface area contributed by atoms with Crippen LogP contribution in [0.4, 0.5) is 4.79 Å². The van der Waals surface area contributed by atoms with Crippen molar-refractivity contribution in [2.45, 2.75) is 18.9 Å². The summed E-state index contributed by atoms with van der Waals surface area (Å²) in [5.41, 5.74) is 0.338. The Kier molecular flexibility index (Phi) is 2.70. The molecule has 2 fully saturated rings. The Hall–Kier alpha value is -2.44. The lowest BCUT2D eigenvalue weighted by Crippen LogP contribution is -2.49. The highest BCUT2D eigenvalue weighted by Gasteiger charge is 2.51. The summed E-state index contributed by atoms with van der Waals surface area (Å²) >= 11 is 0. The molecule has 1 spiro atoms. The highest BCUT2D eigenvalue weighted by molar-refractivity contribution is 6.08. The molecule has 104 valence electrons. The molecule has 3 rings (SSSR count). The zero-order valence-corrected chi connectivity index (χ0v) is 11.0. The Morgan fingerprint density at radius 1 is 1.45 bits per heavy atom. The number of nitrogens with zero attached hydrogens (tertiary/aromatic N) is 2. The van der Waals surface area contributed by atoms with Crippen LogP contribution >= 0.6 is 0 Å². The Morgan fingerprint density at radius 2 is 2.25 bits per heavy atom. The van der Waals surface area contributed by atoms with Crippen molar-refractivity contribution < 1.29 is 14.4 Å². The van der Waals surface area contributed by atoms with E-state index in [2.05, 4.69) is 15.6 Å². The van der Waals surface area contributed by atoms with Crippen molar-refractivity contribution in [1.29, 1.82) is 0 Å². The van der Waals surface area contributed by atoms with Crippen molar-refractivity contribution in [3.8, 4) is 0 Å². The zero-order valence-electron chi connectivity index (χ0n) is 11.0. The van der Waals surface area contributed by atoms with E-state index >= 15 is 0 Å². The summed E-state index contributed by atoms with van der Waals surface area (Å²) in [5, 5.41) is 4.84. The van der Waals surface area contributed by atoms with Crippen LogP contribution in [-0.2, 0) is 4.79 Å². The number of aryl methyl sites for hydroxylation is 1. The molecule has 0 saturated carbocycles. The Balaban J connectivity index is 1.79. The summed E-state index contributed by atoms with van der Waals surface area (Å²) in [4.78, 5) is 41.1. The summed E-state index contributed by atoms with van der Waals surface area (Å²) < 4.78 is 0. The van der Waals surface area contributed by atoms with Crippen LogP contribution in [0.3, 0.4) is 0 Å². The summed E-state index contributed by atoms with van der Waals surface area (Å²) in [6.07, 6.45) is 2.01. The maximum absolute atomic E-state index is 12.4. The molecule has 2 N–H and O–H groups in total. The van der Waals surface area contributed by atoms with E-state index in [1.165, 1.54) is 0 Å². The third-order valence-electron chi connectivity index (χ3n) is 3.71. The van der Waals surface area contributed by atoms with Gasteiger partial charge in [-0.1, -0.05) is 0 Å². The van der Waals surface area contributed by atoms with Crippen molar-refractivity contribution in [3.63, 3.8) is 0 Å². The first-order valence-corrected chi connectivity index (χ1v) is 6.36. The van der Waals surface area contributed by atoms with Crippen LogP contribution in [0.15, 0.2) is 18.3 Å². The number of nitrogens with one attached hydrogen (secondary N) is 2. The second-order valence-electron chi connectivity index (χ2n) is 5.15. The fourth-order valence-electron chi connectivity index (χ4n) is 2.66. The van der Waals surface area contributed by atoms with Gasteiger partial charge in [-0.3, -0.25) is 19.9 Å². The molecule has 2 saturated heterocycles. The first-order valence-electron chi connectivity index (χ1n) is 6.36. The first-order chi connectivity index (χ1) is 9.50. The topological polar surface area (TPSA) is 91.4 Å². The van der Waals surface area contributed by atoms with Crippen molar-refractivity contribution in [1.82, 2.24) is 20.5 Å². The number of urea groups is 1. The van der Waals surface area contributed by atoms with Crippen LogP contribution in [0.25, 0.3) is 0 Å². The number of carbonyl (C=O) groups is 3. The smallest absolute Gasteiger partial charge is 0.322 e. The SMILES string of the molecule is Cc1cc(C(=O)N2CCC3(C2)NC(=O)NC3=O)ccn1. The molecule has 1 aromatic heterocycles. The lowest BCUT2D eigenvalue weighted by atomic mass is 9.99. The number of pyridine rings is 1. The molecule has 7 nitrogen and oxygen atoms in total. The molecular weight excluding hydrogens is 260 g/mol. The summed E-state index contributed by atoms with van der Waals surface area (Å²) in [6.45, 7) is 2.45. The fourth-order valence-corrected chi connectivity index (χ4v) is 2.66. The van der Waals surface area contributed by atoms with Crippen LogP contribution in [0.2, 0.25) is 0 Å². The average molecular weight is 274 g/mol. The van der Waals surface area contributed by atoms with Gasteiger partial charge in [-0.25, -0.2) is 4.79 Å². The third kappa shape index (κ3) is 1.91. The predicted octanol–water partition coefficient (Wildman–Crippen LogP) is -0.186. The Bertz CT molecular complexity index is 615. The Labute approximate surface area is 115 Å². The van der Waals surface area contributed by atoms with E-state index in [1.807, 2.05) is 6.92 Å². The number of hydrogen-bond donors (Lipinski definition) is 2. The monoisotopic (exact) mass is 274 g/mol. The van der Waals surface area contributed by atoms with Gasteiger partial charge in [0, 0.05) is 24.0 Å². The normalized spacial score (nSPS) is 24.9. The van der Waals surface area contributed by atoms with Crippen molar-refractivity contribution >= 4 is 17.8 Å². The van der Waals surface area contributed by atoms with E-state index in [-0.39, 0.29) is 18.4 Å². The molecule has 3 heterocycles. The van der Waals surface area contributed by atoms with E-state index in [0.29, 0.717) is 18.5 Å². The van der Waals surface area contributed by atoms with E-state index in [0.717, 1.165) is 5.69 Å². The predicted molar refractivity (Wildman–Crippen MR) is 68.9 cm³/mol. The van der Waals surface area contributed by atoms with E-state index in [1.54, 1.807) is 23.2 Å². The maximum Gasteiger partial charge on any atom is 0.322 e. The second kappa shape index (κ2) is 4.29. The highest BCUT2D eigenvalue weighted by Crippen LogP contribution is 2.25. The number of aromatic nitrogens is 1. The number of likely N-dealkylation sites (tertiary alicyclic amines) is 1. The van der Waals surface area contributed by atoms with Gasteiger partial charge in [-0.2, -0.15) is 0 Å². The van der Waals surface area contributed by atoms with Gasteiger partial charge in [-0.05, 0) is 25.5 Å². The highest BCUT2D eigenvalue weighted by atomic mass is 16.2. The van der Waals surface area contributed by atoms with Crippen LogP contribution in [-0.4, -0.2) is 46.4 Å². The first kappa shape index (κ1) is 12.6. The lowest BCUT2D eigenvalue weighted by Gasteiger charge is -2.21. The van der Waals surface area contributed by atoms with Gasteiger partial charge >= 0.3 is 6.03 Å². The number of hydrogen-bond acceptors (Lipinski definition) is 4. The third-order valence-corrected chi connectivity index (χ3v) is 3.71. The van der Waals surface area contributed by atoms with Crippen molar-refractivity contribution in [2.75, 3.05) is 13.1 Å². The molecule has 0 aromatic carbocycles. The molecule has 20 heavy (non-hydrogen) atoms. The van der Waals surface area contributed by atoms with Crippen LogP contribution in [0.5, 0.6) is 0 Å². The van der Waals surface area contributed by atoms with Gasteiger partial charge < -0.3 is 10.2 Å². The standard InChI is InChI=1S/C13H14N4O3/c1-8-6-9(2-4-14-8)10(18)17-5-3-13(7-17)11(19)15-12(20)16-13/h2,4,6H,3,5,7H2,1H3,(H2,15,16,19,20). The van der Waals surface area contributed by atoms with Crippen molar-refractivity contribution in [3.05, 3.63) is 29.6 Å². The maximum atomic E-state index is 12.4. The van der Waals surface area contributed by atoms with Crippen LogP contribution < -0.4 is 10.6 Å². The van der Waals surface area contributed by atoms with Gasteiger partial charge in [0.15, 0.2) is 0 Å². The van der Waals surface area contributed by atoms with Gasteiger partial charge in [0.05, 0.1) is 6.54 Å². The molecular formula is C13H14N4O3. The minimum atomic E-state index is -0.963. The van der Waals surface area contributed by atoms with Gasteiger partial charge in [0.2, 0.25) is 0 Å². The second-order valence-corrected chi connectivity index (χ2v) is 5.15. The molecule has 1 atom stereocenters. The van der Waals surface area contributed by atoms with Crippen LogP contribution in [0.1, 0.15) is 22.5 Å². The van der Waals surface area contributed by atoms with Crippen molar-refractivity contribution in [2.24, 2.45) is 0 Å². The van der Waals surface area contributed by atoms with Gasteiger partial charge in [0.1, 0.15) is 5.54 Å². The van der Waals surface area contributed by atoms with E-state index < -0.39 is 11.6 Å². The number of rotatable bonds is 1. The average Bonchev–Trinajstić information content (AvgIpc) is 2.94. The number of imide groups is 1. The molecule has 4 amide bonds. The molecule has 1 aromatic rings. The molecule has 0 bridgehead atoms. The summed E-state index contributed by atoms with van der Waals surface area (Å²) in [6, 6.07) is 2.86. The van der Waals surface area contributed by atoms with Crippen LogP contribution in [0, 0.1) is 6.92 Å². The summed E-state index contributed by atoms with van der Waals surface area (Å²) in [5.74, 6) is -0.509. The largest absolute Gasteiger partial charge is 0.336 e. The molecule has 1 unspecified atom stereocenters. The fraction of sp³-hybridized carbons (Fsp3) is 0.385. The quantitative estimate of drug-likeness (QED) is 0.695. The molecule has 0 aliphatic carbocycles.